The van der Waals surface area contributed by atoms with E-state index in [1.165, 1.54) is 37.7 Å². The van der Waals surface area contributed by atoms with Gasteiger partial charge in [-0.2, -0.15) is 5.26 Å². The lowest BCUT2D eigenvalue weighted by molar-refractivity contribution is -0.660. The van der Waals surface area contributed by atoms with Crippen molar-refractivity contribution in [1.82, 2.24) is 0 Å². The molecule has 4 heteroatoms. The second kappa shape index (κ2) is 9.23. The van der Waals surface area contributed by atoms with Gasteiger partial charge < -0.3 is 4.42 Å². The average molecular weight is 483 g/mol. The molecule has 180 valence electrons. The molecule has 0 N–H and O–H groups in total. The molecule has 1 fully saturated rings. The van der Waals surface area contributed by atoms with Crippen molar-refractivity contribution in [2.75, 3.05) is 0 Å². The molecule has 2 aromatic heterocycles. The Morgan fingerprint density at radius 1 is 0.946 bits per heavy atom. The fraction of sp³-hybridized carbons (Fsp3) is 0.242. The minimum atomic E-state index is 0.512. The maximum Gasteiger partial charge on any atom is 0.216 e. The number of hydrogen-bond acceptors (Lipinski definition) is 2. The Hall–Kier alpha value is -4.41. The van der Waals surface area contributed by atoms with Crippen molar-refractivity contribution in [3.63, 3.8) is 0 Å². The van der Waals surface area contributed by atoms with Gasteiger partial charge in [0.25, 0.3) is 0 Å². The zero-order valence-electron chi connectivity index (χ0n) is 21.2. The fourth-order valence-corrected chi connectivity index (χ4v) is 6.01. The molecule has 2 heterocycles. The average Bonchev–Trinajstić information content (AvgIpc) is 3.32. The van der Waals surface area contributed by atoms with Gasteiger partial charge >= 0.3 is 0 Å². The van der Waals surface area contributed by atoms with Crippen LogP contribution in [0.3, 0.4) is 0 Å². The van der Waals surface area contributed by atoms with E-state index in [1.807, 2.05) is 49.6 Å². The van der Waals surface area contributed by atoms with E-state index in [1.54, 1.807) is 0 Å². The summed E-state index contributed by atoms with van der Waals surface area (Å²) >= 11 is 0. The van der Waals surface area contributed by atoms with Crippen molar-refractivity contribution >= 4 is 27.6 Å². The van der Waals surface area contributed by atoms with E-state index in [9.17, 15) is 5.26 Å². The van der Waals surface area contributed by atoms with Crippen LogP contribution in [-0.2, 0) is 7.05 Å². The number of pyridine rings is 1. The number of furan rings is 1. The highest BCUT2D eigenvalue weighted by atomic mass is 16.3. The first kappa shape index (κ1) is 23.0. The Morgan fingerprint density at radius 2 is 1.70 bits per heavy atom. The summed E-state index contributed by atoms with van der Waals surface area (Å²) in [6.45, 7) is 10.1. The van der Waals surface area contributed by atoms with Gasteiger partial charge in [-0.05, 0) is 55.0 Å². The van der Waals surface area contributed by atoms with Crippen molar-refractivity contribution in [3.8, 4) is 28.5 Å². The minimum Gasteiger partial charge on any atom is -0.455 e. The molecular formula is C33H28N3O+. The van der Waals surface area contributed by atoms with Crippen molar-refractivity contribution in [3.05, 3.63) is 95.0 Å². The molecule has 6 rings (SSSR count). The molecule has 0 spiro atoms. The lowest BCUT2D eigenvalue weighted by atomic mass is 9.83. The van der Waals surface area contributed by atoms with Crippen LogP contribution in [-0.4, -0.2) is 0 Å². The van der Waals surface area contributed by atoms with E-state index < -0.39 is 0 Å². The lowest BCUT2D eigenvalue weighted by Gasteiger charge is -2.22. The van der Waals surface area contributed by atoms with Crippen molar-refractivity contribution < 1.29 is 8.98 Å². The SMILES string of the molecule is [C-]#[N+]c1cc(C2CCCCC2)ccc1-c1c(C#N)ccc2c1oc1c(-c3cccc[n+]3C)c(C)ccc12. The molecule has 0 radical (unpaired) electrons. The van der Waals surface area contributed by atoms with E-state index in [2.05, 4.69) is 46.7 Å². The van der Waals surface area contributed by atoms with Gasteiger partial charge in [0.05, 0.1) is 23.8 Å². The van der Waals surface area contributed by atoms with Crippen molar-refractivity contribution in [2.45, 2.75) is 44.9 Å². The maximum atomic E-state index is 10.1. The zero-order valence-corrected chi connectivity index (χ0v) is 21.2. The summed E-state index contributed by atoms with van der Waals surface area (Å²) in [5.74, 6) is 0.512. The summed E-state index contributed by atoms with van der Waals surface area (Å²) in [4.78, 5) is 3.92. The van der Waals surface area contributed by atoms with Crippen molar-refractivity contribution in [1.29, 1.82) is 5.26 Å². The molecule has 3 aromatic carbocycles. The summed E-state index contributed by atoms with van der Waals surface area (Å²) in [6, 6.07) is 22.8. The predicted molar refractivity (Wildman–Crippen MR) is 147 cm³/mol. The van der Waals surface area contributed by atoms with Crippen LogP contribution >= 0.6 is 0 Å². The fourth-order valence-electron chi connectivity index (χ4n) is 6.01. The number of fused-ring (bicyclic) bond motifs is 3. The Kier molecular flexibility index (Phi) is 5.74. The third kappa shape index (κ3) is 3.78. The molecule has 1 saturated carbocycles. The molecule has 1 aliphatic rings. The van der Waals surface area contributed by atoms with Crippen LogP contribution in [0.2, 0.25) is 0 Å². The summed E-state index contributed by atoms with van der Waals surface area (Å²) < 4.78 is 8.78. The van der Waals surface area contributed by atoms with Crippen LogP contribution < -0.4 is 4.57 Å². The van der Waals surface area contributed by atoms with Gasteiger partial charge in [0.15, 0.2) is 11.9 Å². The highest BCUT2D eigenvalue weighted by molar-refractivity contribution is 6.14. The van der Waals surface area contributed by atoms with Gasteiger partial charge in [0.1, 0.15) is 18.2 Å². The first-order valence-electron chi connectivity index (χ1n) is 13.0. The first-order chi connectivity index (χ1) is 18.1. The van der Waals surface area contributed by atoms with Crippen LogP contribution in [0.5, 0.6) is 0 Å². The normalized spacial score (nSPS) is 14.1. The lowest BCUT2D eigenvalue weighted by Crippen LogP contribution is -2.30. The summed E-state index contributed by atoms with van der Waals surface area (Å²) in [7, 11) is 2.03. The van der Waals surface area contributed by atoms with Gasteiger partial charge in [-0.1, -0.05) is 55.2 Å². The molecule has 5 aromatic rings. The molecule has 0 unspecified atom stereocenters. The molecule has 37 heavy (non-hydrogen) atoms. The number of nitrogens with zero attached hydrogens (tertiary/aromatic N) is 3. The summed E-state index contributed by atoms with van der Waals surface area (Å²) in [5.41, 5.74) is 8.49. The predicted octanol–water partition coefficient (Wildman–Crippen LogP) is 8.52. The van der Waals surface area contributed by atoms with Gasteiger partial charge in [-0.3, -0.25) is 0 Å². The molecule has 0 bridgehead atoms. The molecule has 1 aliphatic carbocycles. The van der Waals surface area contributed by atoms with Crippen molar-refractivity contribution in [2.24, 2.45) is 7.05 Å². The smallest absolute Gasteiger partial charge is 0.216 e. The Labute approximate surface area is 217 Å². The number of nitriles is 1. The molecule has 4 nitrogen and oxygen atoms in total. The second-order valence-electron chi connectivity index (χ2n) is 10.1. The second-order valence-corrected chi connectivity index (χ2v) is 10.1. The molecule has 0 aliphatic heterocycles. The highest BCUT2D eigenvalue weighted by Crippen LogP contribution is 2.45. The van der Waals surface area contributed by atoms with Crippen LogP contribution in [0.4, 0.5) is 5.69 Å². The van der Waals surface area contributed by atoms with Gasteiger partial charge in [-0.15, -0.1) is 0 Å². The molecule has 0 saturated heterocycles. The number of hydrogen-bond donors (Lipinski definition) is 0. The molecular weight excluding hydrogens is 454 g/mol. The topological polar surface area (TPSA) is 45.2 Å². The Bertz CT molecular complexity index is 1760. The van der Waals surface area contributed by atoms with E-state index >= 15 is 0 Å². The molecule has 0 amide bonds. The van der Waals surface area contributed by atoms with E-state index in [-0.39, 0.29) is 0 Å². The summed E-state index contributed by atoms with van der Waals surface area (Å²) in [6.07, 6.45) is 8.18. The minimum absolute atomic E-state index is 0.512. The summed E-state index contributed by atoms with van der Waals surface area (Å²) in [5, 5.41) is 12.0. The van der Waals surface area contributed by atoms with Gasteiger partial charge in [0, 0.05) is 28.5 Å². The standard InChI is InChI=1S/C33H28N3O/c1-21-12-15-25-26-16-14-24(20-34)31(33(26)37-32(25)30(21)29-11-7-8-18-36(29)3)27-17-13-23(19-28(27)35-2)22-9-5-4-6-10-22/h7-8,11-19,22H,4-6,9-10H2,1,3H3/q+1. The Morgan fingerprint density at radius 3 is 2.43 bits per heavy atom. The van der Waals surface area contributed by atoms with Crippen LogP contribution in [0, 0.1) is 24.8 Å². The van der Waals surface area contributed by atoms with E-state index in [0.29, 0.717) is 28.3 Å². The largest absolute Gasteiger partial charge is 0.455 e. The van der Waals surface area contributed by atoms with Crippen LogP contribution in [0.15, 0.2) is 71.3 Å². The van der Waals surface area contributed by atoms with Gasteiger partial charge in [-0.25, -0.2) is 9.41 Å². The third-order valence-corrected chi connectivity index (χ3v) is 7.94. The van der Waals surface area contributed by atoms with E-state index in [4.69, 9.17) is 11.0 Å². The quantitative estimate of drug-likeness (QED) is 0.191. The maximum absolute atomic E-state index is 10.1. The highest BCUT2D eigenvalue weighted by Gasteiger charge is 2.24. The number of aromatic nitrogens is 1. The van der Waals surface area contributed by atoms with Crippen LogP contribution in [0.1, 0.15) is 54.7 Å². The Balaban J connectivity index is 1.62. The van der Waals surface area contributed by atoms with Gasteiger partial charge in [0.2, 0.25) is 5.69 Å². The van der Waals surface area contributed by atoms with Crippen LogP contribution in [0.25, 0.3) is 49.2 Å². The first-order valence-corrected chi connectivity index (χ1v) is 13.0. The molecule has 0 atom stereocenters. The zero-order chi connectivity index (χ0) is 25.5. The number of benzene rings is 3. The monoisotopic (exact) mass is 482 g/mol. The van der Waals surface area contributed by atoms with E-state index in [0.717, 1.165) is 38.7 Å². The number of rotatable bonds is 3. The number of aryl methyl sites for hydroxylation is 2. The third-order valence-electron chi connectivity index (χ3n) is 7.94.